The number of halogens is 1. The molecule has 3 heteroatoms. The number of hydrogen-bond acceptors (Lipinski definition) is 1. The molecule has 1 aromatic heterocycles. The molecule has 0 radical (unpaired) electrons. The molecule has 0 aliphatic carbocycles. The van der Waals surface area contributed by atoms with Crippen LogP contribution in [0.15, 0.2) is 30.6 Å². The third-order valence-corrected chi connectivity index (χ3v) is 2.01. The molecule has 0 spiro atoms. The van der Waals surface area contributed by atoms with Gasteiger partial charge in [0.15, 0.2) is 0 Å². The molecule has 1 heterocycles. The molecule has 0 aliphatic rings. The fourth-order valence-corrected chi connectivity index (χ4v) is 1.39. The Bertz CT molecular complexity index is 387. The number of nitrogens with zero attached hydrogens (tertiary/aromatic N) is 1. The fraction of sp³-hybridized carbons (Fsp3) is 0.100. The van der Waals surface area contributed by atoms with Crippen molar-refractivity contribution in [3.8, 4) is 11.1 Å². The first-order chi connectivity index (χ1) is 6.29. The first-order valence-corrected chi connectivity index (χ1v) is 4.03. The van der Waals surface area contributed by atoms with Crippen LogP contribution in [0.25, 0.3) is 11.1 Å². The molecule has 66 valence electrons. The maximum atomic E-state index is 13.4. The van der Waals surface area contributed by atoms with Gasteiger partial charge in [0.1, 0.15) is 5.82 Å². The first-order valence-electron chi connectivity index (χ1n) is 4.03. The highest BCUT2D eigenvalue weighted by atomic mass is 19.1. The summed E-state index contributed by atoms with van der Waals surface area (Å²) >= 11 is 0. The van der Waals surface area contributed by atoms with E-state index in [2.05, 4.69) is 10.2 Å². The van der Waals surface area contributed by atoms with Crippen LogP contribution in [0.3, 0.4) is 0 Å². The molecule has 0 saturated heterocycles. The van der Waals surface area contributed by atoms with Crippen LogP contribution in [-0.2, 0) is 0 Å². The van der Waals surface area contributed by atoms with Crippen LogP contribution in [0.2, 0.25) is 0 Å². The number of aryl methyl sites for hydroxylation is 1. The van der Waals surface area contributed by atoms with Gasteiger partial charge in [-0.2, -0.15) is 5.10 Å². The summed E-state index contributed by atoms with van der Waals surface area (Å²) in [6, 6.07) is 5.04. The maximum absolute atomic E-state index is 13.4. The summed E-state index contributed by atoms with van der Waals surface area (Å²) in [4.78, 5) is 0. The average molecular weight is 176 g/mol. The molecule has 0 fully saturated rings. The molecule has 0 aliphatic heterocycles. The van der Waals surface area contributed by atoms with Gasteiger partial charge >= 0.3 is 0 Å². The van der Waals surface area contributed by atoms with E-state index in [1.165, 1.54) is 6.07 Å². The lowest BCUT2D eigenvalue weighted by molar-refractivity contribution is 0.630. The van der Waals surface area contributed by atoms with Crippen LogP contribution in [0, 0.1) is 12.7 Å². The quantitative estimate of drug-likeness (QED) is 0.710. The monoisotopic (exact) mass is 176 g/mol. The van der Waals surface area contributed by atoms with Crippen molar-refractivity contribution >= 4 is 0 Å². The van der Waals surface area contributed by atoms with E-state index in [1.54, 1.807) is 18.5 Å². The van der Waals surface area contributed by atoms with E-state index in [4.69, 9.17) is 0 Å². The summed E-state index contributed by atoms with van der Waals surface area (Å²) in [5, 5.41) is 6.46. The van der Waals surface area contributed by atoms with Gasteiger partial charge < -0.3 is 0 Å². The number of hydrogen-bond donors (Lipinski definition) is 1. The lowest BCUT2D eigenvalue weighted by Crippen LogP contribution is -1.86. The first kappa shape index (κ1) is 7.98. The van der Waals surface area contributed by atoms with E-state index in [0.29, 0.717) is 5.56 Å². The number of H-pyrrole nitrogens is 1. The van der Waals surface area contributed by atoms with Gasteiger partial charge in [0.05, 0.1) is 6.20 Å². The van der Waals surface area contributed by atoms with Gasteiger partial charge in [-0.25, -0.2) is 4.39 Å². The zero-order chi connectivity index (χ0) is 9.26. The summed E-state index contributed by atoms with van der Waals surface area (Å²) in [6.45, 7) is 1.88. The zero-order valence-corrected chi connectivity index (χ0v) is 7.21. The molecular weight excluding hydrogens is 167 g/mol. The normalized spacial score (nSPS) is 10.3. The van der Waals surface area contributed by atoms with Crippen LogP contribution in [0.5, 0.6) is 0 Å². The maximum Gasteiger partial charge on any atom is 0.131 e. The van der Waals surface area contributed by atoms with Crippen LogP contribution >= 0.6 is 0 Å². The Morgan fingerprint density at radius 3 is 2.85 bits per heavy atom. The average Bonchev–Trinajstić information content (AvgIpc) is 2.57. The third-order valence-electron chi connectivity index (χ3n) is 2.01. The van der Waals surface area contributed by atoms with Gasteiger partial charge in [-0.1, -0.05) is 12.1 Å². The molecule has 13 heavy (non-hydrogen) atoms. The summed E-state index contributed by atoms with van der Waals surface area (Å²) in [6.07, 6.45) is 3.30. The SMILES string of the molecule is Cc1cccc(F)c1-c1cn[nH]c1. The minimum atomic E-state index is -0.207. The molecule has 0 atom stereocenters. The molecule has 1 N–H and O–H groups in total. The second-order valence-corrected chi connectivity index (χ2v) is 2.92. The molecule has 2 rings (SSSR count). The number of nitrogens with one attached hydrogen (secondary N) is 1. The smallest absolute Gasteiger partial charge is 0.131 e. The van der Waals surface area contributed by atoms with Gasteiger partial charge in [0.25, 0.3) is 0 Å². The lowest BCUT2D eigenvalue weighted by atomic mass is 10.0. The van der Waals surface area contributed by atoms with Crippen LogP contribution in [-0.4, -0.2) is 10.2 Å². The number of aromatic amines is 1. The highest BCUT2D eigenvalue weighted by Crippen LogP contribution is 2.24. The molecule has 1 aromatic carbocycles. The van der Waals surface area contributed by atoms with Crippen LogP contribution in [0.4, 0.5) is 4.39 Å². The fourth-order valence-electron chi connectivity index (χ4n) is 1.39. The molecular formula is C10H9FN2. The second-order valence-electron chi connectivity index (χ2n) is 2.92. The Morgan fingerprint density at radius 1 is 1.38 bits per heavy atom. The highest BCUT2D eigenvalue weighted by Gasteiger charge is 2.07. The Labute approximate surface area is 75.4 Å². The van der Waals surface area contributed by atoms with Gasteiger partial charge in [-0.05, 0) is 18.6 Å². The Balaban J connectivity index is 2.64. The van der Waals surface area contributed by atoms with E-state index in [1.807, 2.05) is 13.0 Å². The van der Waals surface area contributed by atoms with Crippen molar-refractivity contribution in [1.29, 1.82) is 0 Å². The largest absolute Gasteiger partial charge is 0.285 e. The van der Waals surface area contributed by atoms with E-state index < -0.39 is 0 Å². The van der Waals surface area contributed by atoms with Crippen molar-refractivity contribution in [3.63, 3.8) is 0 Å². The highest BCUT2D eigenvalue weighted by molar-refractivity contribution is 5.66. The van der Waals surface area contributed by atoms with Crippen molar-refractivity contribution in [2.45, 2.75) is 6.92 Å². The Morgan fingerprint density at radius 2 is 2.23 bits per heavy atom. The molecule has 2 nitrogen and oxygen atoms in total. The number of aromatic nitrogens is 2. The second kappa shape index (κ2) is 3.01. The molecule has 2 aromatic rings. The Hall–Kier alpha value is -1.64. The Kier molecular flexibility index (Phi) is 1.85. The summed E-state index contributed by atoms with van der Waals surface area (Å²) in [5.74, 6) is -0.207. The van der Waals surface area contributed by atoms with Crippen LogP contribution in [0.1, 0.15) is 5.56 Å². The van der Waals surface area contributed by atoms with E-state index in [0.717, 1.165) is 11.1 Å². The molecule has 0 unspecified atom stereocenters. The van der Waals surface area contributed by atoms with Crippen LogP contribution < -0.4 is 0 Å². The predicted molar refractivity (Wildman–Crippen MR) is 48.7 cm³/mol. The molecule has 0 saturated carbocycles. The molecule has 0 amide bonds. The minimum absolute atomic E-state index is 0.207. The summed E-state index contributed by atoms with van der Waals surface area (Å²) in [7, 11) is 0. The predicted octanol–water partition coefficient (Wildman–Crippen LogP) is 2.52. The van der Waals surface area contributed by atoms with Crippen molar-refractivity contribution < 1.29 is 4.39 Å². The summed E-state index contributed by atoms with van der Waals surface area (Å²) in [5.41, 5.74) is 2.33. The lowest BCUT2D eigenvalue weighted by Gasteiger charge is -2.03. The van der Waals surface area contributed by atoms with Crippen molar-refractivity contribution in [2.24, 2.45) is 0 Å². The van der Waals surface area contributed by atoms with Gasteiger partial charge in [0, 0.05) is 17.3 Å². The van der Waals surface area contributed by atoms with Gasteiger partial charge in [-0.3, -0.25) is 5.10 Å². The van der Waals surface area contributed by atoms with E-state index in [-0.39, 0.29) is 5.82 Å². The number of rotatable bonds is 1. The zero-order valence-electron chi connectivity index (χ0n) is 7.21. The topological polar surface area (TPSA) is 28.7 Å². The minimum Gasteiger partial charge on any atom is -0.285 e. The van der Waals surface area contributed by atoms with E-state index in [9.17, 15) is 4.39 Å². The van der Waals surface area contributed by atoms with E-state index >= 15 is 0 Å². The third kappa shape index (κ3) is 1.33. The standard InChI is InChI=1S/C10H9FN2/c1-7-3-2-4-9(11)10(7)8-5-12-13-6-8/h2-6H,1H3,(H,12,13). The number of benzene rings is 1. The summed E-state index contributed by atoms with van der Waals surface area (Å²) < 4.78 is 13.4. The van der Waals surface area contributed by atoms with Crippen molar-refractivity contribution in [1.82, 2.24) is 10.2 Å². The van der Waals surface area contributed by atoms with Crippen molar-refractivity contribution in [2.75, 3.05) is 0 Å². The van der Waals surface area contributed by atoms with Gasteiger partial charge in [-0.15, -0.1) is 0 Å². The van der Waals surface area contributed by atoms with Gasteiger partial charge in [0.2, 0.25) is 0 Å². The molecule has 0 bridgehead atoms. The van der Waals surface area contributed by atoms with Crippen molar-refractivity contribution in [3.05, 3.63) is 42.0 Å².